The number of halogens is 1. The summed E-state index contributed by atoms with van der Waals surface area (Å²) in [6.07, 6.45) is 7.30. The Morgan fingerprint density at radius 3 is 3.14 bits per heavy atom. The third-order valence-corrected chi connectivity index (χ3v) is 2.29. The summed E-state index contributed by atoms with van der Waals surface area (Å²) in [5.74, 6) is 0.505. The highest BCUT2D eigenvalue weighted by molar-refractivity contribution is 9.09. The van der Waals surface area contributed by atoms with Crippen LogP contribution in [0, 0.1) is 0 Å². The minimum absolute atomic E-state index is 0.505. The summed E-state index contributed by atoms with van der Waals surface area (Å²) in [6, 6.07) is 0. The van der Waals surface area contributed by atoms with Gasteiger partial charge < -0.3 is 10.7 Å². The second-order valence-electron chi connectivity index (χ2n) is 2.78. The van der Waals surface area contributed by atoms with Crippen LogP contribution in [0.1, 0.15) is 5.56 Å². The van der Waals surface area contributed by atoms with Gasteiger partial charge in [-0.2, -0.15) is 0 Å². The van der Waals surface area contributed by atoms with Gasteiger partial charge in [0.05, 0.1) is 5.39 Å². The monoisotopic (exact) mass is 252 g/mol. The number of rotatable bonds is 2. The van der Waals surface area contributed by atoms with Crippen LogP contribution < -0.4 is 5.73 Å². The van der Waals surface area contributed by atoms with Gasteiger partial charge >= 0.3 is 0 Å². The van der Waals surface area contributed by atoms with Crippen molar-refractivity contribution in [3.63, 3.8) is 0 Å². The first kappa shape index (κ1) is 9.21. The molecule has 0 unspecified atom stereocenters. The van der Waals surface area contributed by atoms with Crippen molar-refractivity contribution in [1.82, 2.24) is 15.0 Å². The van der Waals surface area contributed by atoms with Crippen molar-refractivity contribution in [2.24, 2.45) is 0 Å². The van der Waals surface area contributed by atoms with E-state index in [9.17, 15) is 0 Å². The first-order valence-electron chi connectivity index (χ1n) is 4.13. The fourth-order valence-corrected chi connectivity index (χ4v) is 1.50. The van der Waals surface area contributed by atoms with Gasteiger partial charge in [-0.15, -0.1) is 0 Å². The fraction of sp³-hybridized carbons (Fsp3) is 0.111. The van der Waals surface area contributed by atoms with Crippen LogP contribution in [-0.2, 0) is 0 Å². The van der Waals surface area contributed by atoms with Gasteiger partial charge in [-0.3, -0.25) is 0 Å². The number of nitrogen functional groups attached to an aromatic ring is 1. The molecular weight excluding hydrogens is 244 g/mol. The number of alkyl halides is 1. The summed E-state index contributed by atoms with van der Waals surface area (Å²) in [5.41, 5.74) is 7.54. The van der Waals surface area contributed by atoms with Gasteiger partial charge in [-0.25, -0.2) is 9.97 Å². The molecule has 2 rings (SSSR count). The molecule has 0 aliphatic heterocycles. The van der Waals surface area contributed by atoms with Crippen LogP contribution in [0.25, 0.3) is 17.1 Å². The normalized spacial score (nSPS) is 11.5. The molecule has 2 aromatic rings. The van der Waals surface area contributed by atoms with Crippen molar-refractivity contribution in [3.8, 4) is 0 Å². The lowest BCUT2D eigenvalue weighted by Crippen LogP contribution is -1.92. The topological polar surface area (TPSA) is 67.6 Å². The molecule has 0 spiro atoms. The molecule has 0 atom stereocenters. The first-order chi connectivity index (χ1) is 6.83. The average Bonchev–Trinajstić information content (AvgIpc) is 2.59. The van der Waals surface area contributed by atoms with E-state index in [1.165, 1.54) is 6.33 Å². The summed E-state index contributed by atoms with van der Waals surface area (Å²) in [7, 11) is 0. The molecule has 2 heterocycles. The lowest BCUT2D eigenvalue weighted by molar-refractivity contribution is 1.21. The molecule has 0 saturated heterocycles. The number of allylic oxidation sites excluding steroid dienone is 1. The standard InChI is InChI=1S/C9H9BrN4/c10-3-1-2-6-4-12-9-7(6)8(11)13-5-14-9/h1-2,4-5H,3H2,(H3,11,12,13,14). The van der Waals surface area contributed by atoms with E-state index < -0.39 is 0 Å². The fourth-order valence-electron chi connectivity index (χ4n) is 1.31. The highest BCUT2D eigenvalue weighted by atomic mass is 79.9. The lowest BCUT2D eigenvalue weighted by atomic mass is 10.2. The zero-order valence-corrected chi connectivity index (χ0v) is 8.95. The number of H-pyrrole nitrogens is 1. The summed E-state index contributed by atoms with van der Waals surface area (Å²) < 4.78 is 0. The van der Waals surface area contributed by atoms with Gasteiger partial charge in [0.15, 0.2) is 0 Å². The predicted octanol–water partition coefficient (Wildman–Crippen LogP) is 1.95. The molecule has 0 bridgehead atoms. The molecule has 72 valence electrons. The summed E-state index contributed by atoms with van der Waals surface area (Å²) in [5, 5.41) is 1.69. The number of anilines is 1. The van der Waals surface area contributed by atoms with E-state index in [4.69, 9.17) is 5.73 Å². The third kappa shape index (κ3) is 1.50. The third-order valence-electron chi connectivity index (χ3n) is 1.92. The maximum Gasteiger partial charge on any atom is 0.143 e. The molecule has 0 aliphatic carbocycles. The van der Waals surface area contributed by atoms with Gasteiger partial charge in [-0.05, 0) is 0 Å². The number of aromatic amines is 1. The van der Waals surface area contributed by atoms with Gasteiger partial charge in [0.25, 0.3) is 0 Å². The molecule has 14 heavy (non-hydrogen) atoms. The van der Waals surface area contributed by atoms with E-state index in [0.717, 1.165) is 21.9 Å². The molecule has 0 saturated carbocycles. The second kappa shape index (κ2) is 3.79. The Kier molecular flexibility index (Phi) is 2.49. The number of fused-ring (bicyclic) bond motifs is 1. The zero-order valence-electron chi connectivity index (χ0n) is 7.37. The first-order valence-corrected chi connectivity index (χ1v) is 5.25. The van der Waals surface area contributed by atoms with Crippen molar-refractivity contribution in [1.29, 1.82) is 0 Å². The maximum atomic E-state index is 5.76. The number of hydrogen-bond donors (Lipinski definition) is 2. The van der Waals surface area contributed by atoms with E-state index in [1.807, 2.05) is 18.3 Å². The molecule has 0 radical (unpaired) electrons. The van der Waals surface area contributed by atoms with Crippen molar-refractivity contribution >= 4 is 38.9 Å². The van der Waals surface area contributed by atoms with Gasteiger partial charge in [0.1, 0.15) is 17.8 Å². The van der Waals surface area contributed by atoms with E-state index in [-0.39, 0.29) is 0 Å². The van der Waals surface area contributed by atoms with Crippen LogP contribution in [0.3, 0.4) is 0 Å². The highest BCUT2D eigenvalue weighted by Crippen LogP contribution is 2.21. The minimum atomic E-state index is 0.505. The molecule has 0 amide bonds. The molecule has 0 aromatic carbocycles. The Morgan fingerprint density at radius 2 is 2.36 bits per heavy atom. The smallest absolute Gasteiger partial charge is 0.143 e. The van der Waals surface area contributed by atoms with Crippen LogP contribution in [0.2, 0.25) is 0 Å². The van der Waals surface area contributed by atoms with E-state index >= 15 is 0 Å². The molecule has 2 aromatic heterocycles. The minimum Gasteiger partial charge on any atom is -0.383 e. The van der Waals surface area contributed by atoms with E-state index in [2.05, 4.69) is 30.9 Å². The van der Waals surface area contributed by atoms with Crippen LogP contribution in [0.5, 0.6) is 0 Å². The Labute approximate surface area is 89.4 Å². The molecular formula is C9H9BrN4. The van der Waals surface area contributed by atoms with E-state index in [0.29, 0.717) is 5.82 Å². The Morgan fingerprint density at radius 1 is 1.50 bits per heavy atom. The number of nitrogens with one attached hydrogen (secondary N) is 1. The molecule has 0 aliphatic rings. The van der Waals surface area contributed by atoms with Gasteiger partial charge in [0, 0.05) is 17.1 Å². The number of aromatic nitrogens is 3. The number of hydrogen-bond acceptors (Lipinski definition) is 3. The van der Waals surface area contributed by atoms with Gasteiger partial charge in [-0.1, -0.05) is 28.1 Å². The predicted molar refractivity (Wildman–Crippen MR) is 61.1 cm³/mol. The molecule has 0 fully saturated rings. The molecule has 4 nitrogen and oxygen atoms in total. The molecule has 5 heteroatoms. The Hall–Kier alpha value is -1.36. The average molecular weight is 253 g/mol. The largest absolute Gasteiger partial charge is 0.383 e. The lowest BCUT2D eigenvalue weighted by Gasteiger charge is -1.94. The summed E-state index contributed by atoms with van der Waals surface area (Å²) in [6.45, 7) is 0. The van der Waals surface area contributed by atoms with Crippen LogP contribution in [0.15, 0.2) is 18.6 Å². The number of nitrogens with two attached hydrogens (primary N) is 1. The quantitative estimate of drug-likeness (QED) is 0.804. The maximum absolute atomic E-state index is 5.76. The molecule has 3 N–H and O–H groups in total. The summed E-state index contributed by atoms with van der Waals surface area (Å²) in [4.78, 5) is 11.1. The summed E-state index contributed by atoms with van der Waals surface area (Å²) >= 11 is 3.32. The van der Waals surface area contributed by atoms with Crippen LogP contribution in [0.4, 0.5) is 5.82 Å². The Bertz CT molecular complexity index is 475. The van der Waals surface area contributed by atoms with E-state index in [1.54, 1.807) is 0 Å². The SMILES string of the molecule is Nc1ncnc2[nH]cc(C=CCBr)c12. The van der Waals surface area contributed by atoms with Crippen molar-refractivity contribution in [2.75, 3.05) is 11.1 Å². The Balaban J connectivity index is 2.61. The number of nitrogens with zero attached hydrogens (tertiary/aromatic N) is 2. The second-order valence-corrected chi connectivity index (χ2v) is 3.43. The van der Waals surface area contributed by atoms with Crippen LogP contribution in [-0.4, -0.2) is 20.3 Å². The van der Waals surface area contributed by atoms with Gasteiger partial charge in [0.2, 0.25) is 0 Å². The van der Waals surface area contributed by atoms with Crippen molar-refractivity contribution in [2.45, 2.75) is 0 Å². The van der Waals surface area contributed by atoms with Crippen molar-refractivity contribution < 1.29 is 0 Å². The van der Waals surface area contributed by atoms with Crippen molar-refractivity contribution in [3.05, 3.63) is 24.2 Å². The van der Waals surface area contributed by atoms with Crippen LogP contribution >= 0.6 is 15.9 Å². The highest BCUT2D eigenvalue weighted by Gasteiger charge is 2.05. The zero-order chi connectivity index (χ0) is 9.97.